The molecule has 0 aliphatic carbocycles. The third-order valence-corrected chi connectivity index (χ3v) is 6.64. The van der Waals surface area contributed by atoms with E-state index in [0.717, 1.165) is 24.5 Å². The van der Waals surface area contributed by atoms with Crippen LogP contribution < -0.4 is 10.2 Å². The second kappa shape index (κ2) is 8.88. The Hall–Kier alpha value is -2.58. The highest BCUT2D eigenvalue weighted by Crippen LogP contribution is 2.36. The molecular weight excluding hydrogens is 397 g/mol. The molecular formula is C23H30FN5O2. The summed E-state index contributed by atoms with van der Waals surface area (Å²) in [6.45, 7) is 2.86. The van der Waals surface area contributed by atoms with Crippen molar-refractivity contribution in [2.45, 2.75) is 31.3 Å². The summed E-state index contributed by atoms with van der Waals surface area (Å²) in [5.74, 6) is 0.379. The summed E-state index contributed by atoms with van der Waals surface area (Å²) >= 11 is 0. The lowest BCUT2D eigenvalue weighted by Gasteiger charge is -2.40. The number of anilines is 1. The highest BCUT2D eigenvalue weighted by Gasteiger charge is 2.43. The monoisotopic (exact) mass is 427 g/mol. The van der Waals surface area contributed by atoms with Gasteiger partial charge in [0.15, 0.2) is 0 Å². The molecule has 1 aromatic heterocycles. The van der Waals surface area contributed by atoms with Crippen LogP contribution >= 0.6 is 0 Å². The van der Waals surface area contributed by atoms with Crippen molar-refractivity contribution in [3.63, 3.8) is 0 Å². The summed E-state index contributed by atoms with van der Waals surface area (Å²) in [5, 5.41) is 14.1. The summed E-state index contributed by atoms with van der Waals surface area (Å²) in [6.07, 6.45) is 7.37. The number of aliphatic hydroxyl groups is 1. The zero-order valence-electron chi connectivity index (χ0n) is 17.9. The fraction of sp³-hybridized carbons (Fsp3) is 0.522. The van der Waals surface area contributed by atoms with Gasteiger partial charge < -0.3 is 20.2 Å². The smallest absolute Gasteiger partial charge is 0.226 e. The maximum absolute atomic E-state index is 13.7. The number of benzene rings is 1. The van der Waals surface area contributed by atoms with Crippen molar-refractivity contribution in [2.75, 3.05) is 44.7 Å². The topological polar surface area (TPSA) is 81.6 Å². The van der Waals surface area contributed by atoms with Gasteiger partial charge in [-0.25, -0.2) is 9.37 Å². The number of piperidine rings is 1. The first-order chi connectivity index (χ1) is 14.9. The normalized spacial score (nSPS) is 23.6. The maximum Gasteiger partial charge on any atom is 0.226 e. The Morgan fingerprint density at radius 3 is 2.74 bits per heavy atom. The first-order valence-electron chi connectivity index (χ1n) is 10.8. The van der Waals surface area contributed by atoms with E-state index in [1.807, 2.05) is 18.0 Å². The molecule has 2 aliphatic heterocycles. The van der Waals surface area contributed by atoms with Crippen molar-refractivity contribution in [3.05, 3.63) is 54.2 Å². The Morgan fingerprint density at radius 1 is 1.23 bits per heavy atom. The summed E-state index contributed by atoms with van der Waals surface area (Å²) in [5.41, 5.74) is -0.786. The second-order valence-electron chi connectivity index (χ2n) is 9.03. The van der Waals surface area contributed by atoms with Crippen LogP contribution in [0.3, 0.4) is 0 Å². The largest absolute Gasteiger partial charge is 0.386 e. The molecule has 4 rings (SSSR count). The van der Waals surface area contributed by atoms with Gasteiger partial charge in [0.2, 0.25) is 5.91 Å². The van der Waals surface area contributed by atoms with Gasteiger partial charge in [0.1, 0.15) is 17.2 Å². The van der Waals surface area contributed by atoms with Gasteiger partial charge >= 0.3 is 0 Å². The molecule has 7 nitrogen and oxygen atoms in total. The Bertz CT molecular complexity index is 904. The molecule has 0 saturated carbocycles. The van der Waals surface area contributed by atoms with Gasteiger partial charge in [0.05, 0.1) is 11.6 Å². The molecule has 31 heavy (non-hydrogen) atoms. The quantitative estimate of drug-likeness (QED) is 0.729. The van der Waals surface area contributed by atoms with Crippen molar-refractivity contribution in [2.24, 2.45) is 5.41 Å². The summed E-state index contributed by atoms with van der Waals surface area (Å²) < 4.78 is 13.7. The summed E-state index contributed by atoms with van der Waals surface area (Å²) in [7, 11) is 2.05. The molecule has 3 heterocycles. The number of nitrogens with one attached hydrogen (secondary N) is 1. The van der Waals surface area contributed by atoms with Crippen molar-refractivity contribution in [3.8, 4) is 0 Å². The van der Waals surface area contributed by atoms with Crippen LogP contribution in [0.1, 0.15) is 24.8 Å². The number of likely N-dealkylation sites (tertiary alicyclic amines) is 1. The number of hydrogen-bond donors (Lipinski definition) is 2. The van der Waals surface area contributed by atoms with E-state index in [1.165, 1.54) is 12.1 Å². The molecule has 2 N–H and O–H groups in total. The molecule has 1 aromatic carbocycles. The minimum Gasteiger partial charge on any atom is -0.386 e. The van der Waals surface area contributed by atoms with Crippen molar-refractivity contribution in [1.82, 2.24) is 20.2 Å². The van der Waals surface area contributed by atoms with Crippen LogP contribution in [0.5, 0.6) is 0 Å². The highest BCUT2D eigenvalue weighted by molar-refractivity contribution is 5.83. The summed E-state index contributed by atoms with van der Waals surface area (Å²) in [4.78, 5) is 26.0. The van der Waals surface area contributed by atoms with Gasteiger partial charge in [-0.05, 0) is 63.5 Å². The molecule has 8 heteroatoms. The molecule has 2 saturated heterocycles. The van der Waals surface area contributed by atoms with Crippen LogP contribution in [0.4, 0.5) is 10.2 Å². The Balaban J connectivity index is 1.43. The van der Waals surface area contributed by atoms with E-state index in [4.69, 9.17) is 0 Å². The molecule has 2 aromatic rings. The van der Waals surface area contributed by atoms with E-state index in [-0.39, 0.29) is 18.3 Å². The number of amides is 1. The predicted octanol–water partition coefficient (Wildman–Crippen LogP) is 1.63. The highest BCUT2D eigenvalue weighted by atomic mass is 19.1. The standard InChI is InChI=1S/C23H30FN5O2/c1-28-10-5-22(6-11-28,14-18-3-2-4-19(24)13-18)21(30)27-16-23(31)7-12-29(17-23)20-15-25-8-9-26-20/h2-4,8-9,13,15,31H,5-7,10-12,14,16-17H2,1H3,(H,27,30)/t23-/m0/s1. The van der Waals surface area contributed by atoms with Crippen LogP contribution in [-0.2, 0) is 11.2 Å². The molecule has 2 aliphatic rings. The molecule has 0 radical (unpaired) electrons. The van der Waals surface area contributed by atoms with Gasteiger partial charge in [-0.3, -0.25) is 9.78 Å². The average molecular weight is 428 g/mol. The Labute approximate surface area is 182 Å². The number of halogens is 1. The lowest BCUT2D eigenvalue weighted by Crippen LogP contribution is -2.53. The first kappa shape index (κ1) is 21.6. The van der Waals surface area contributed by atoms with Gasteiger partial charge in [-0.15, -0.1) is 0 Å². The first-order valence-corrected chi connectivity index (χ1v) is 10.8. The average Bonchev–Trinajstić information content (AvgIpc) is 3.17. The molecule has 2 fully saturated rings. The maximum atomic E-state index is 13.7. The predicted molar refractivity (Wildman–Crippen MR) is 116 cm³/mol. The molecule has 1 atom stereocenters. The van der Waals surface area contributed by atoms with Crippen LogP contribution in [0, 0.1) is 11.2 Å². The van der Waals surface area contributed by atoms with E-state index in [9.17, 15) is 14.3 Å². The Kier molecular flexibility index (Phi) is 6.20. The number of nitrogens with zero attached hydrogens (tertiary/aromatic N) is 4. The number of aromatic nitrogens is 2. The van der Waals surface area contributed by atoms with Crippen LogP contribution in [-0.4, -0.2) is 71.3 Å². The SMILES string of the molecule is CN1CCC(Cc2cccc(F)c2)(C(=O)NC[C@@]2(O)CCN(c3cnccn3)C2)CC1. The fourth-order valence-corrected chi connectivity index (χ4v) is 4.65. The minimum absolute atomic E-state index is 0.0590. The number of rotatable bonds is 6. The van der Waals surface area contributed by atoms with E-state index >= 15 is 0 Å². The molecule has 0 spiro atoms. The van der Waals surface area contributed by atoms with Crippen molar-refractivity contribution < 1.29 is 14.3 Å². The molecule has 166 valence electrons. The number of carbonyl (C=O) groups is 1. The van der Waals surface area contributed by atoms with E-state index in [0.29, 0.717) is 38.8 Å². The zero-order chi connectivity index (χ0) is 21.9. The zero-order valence-corrected chi connectivity index (χ0v) is 17.9. The fourth-order valence-electron chi connectivity index (χ4n) is 4.65. The number of carbonyl (C=O) groups excluding carboxylic acids is 1. The molecule has 0 bridgehead atoms. The van der Waals surface area contributed by atoms with Crippen molar-refractivity contribution >= 4 is 11.7 Å². The molecule has 1 amide bonds. The number of β-amino-alcohol motifs (C(OH)–C–C–N with tert-alkyl or cyclic N) is 1. The van der Waals surface area contributed by atoms with E-state index < -0.39 is 11.0 Å². The third kappa shape index (κ3) is 5.02. The van der Waals surface area contributed by atoms with Crippen molar-refractivity contribution in [1.29, 1.82) is 0 Å². The third-order valence-electron chi connectivity index (χ3n) is 6.64. The Morgan fingerprint density at radius 2 is 2.03 bits per heavy atom. The van der Waals surface area contributed by atoms with Crippen LogP contribution in [0.2, 0.25) is 0 Å². The lowest BCUT2D eigenvalue weighted by atomic mass is 9.73. The van der Waals surface area contributed by atoms with Gasteiger partial charge in [-0.2, -0.15) is 0 Å². The van der Waals surface area contributed by atoms with Gasteiger partial charge in [-0.1, -0.05) is 12.1 Å². The van der Waals surface area contributed by atoms with Crippen LogP contribution in [0.15, 0.2) is 42.9 Å². The second-order valence-corrected chi connectivity index (χ2v) is 9.03. The molecule has 0 unspecified atom stereocenters. The van der Waals surface area contributed by atoms with E-state index in [2.05, 4.69) is 20.2 Å². The summed E-state index contributed by atoms with van der Waals surface area (Å²) in [6, 6.07) is 6.49. The minimum atomic E-state index is -1.02. The number of hydrogen-bond acceptors (Lipinski definition) is 6. The van der Waals surface area contributed by atoms with Gasteiger partial charge in [0.25, 0.3) is 0 Å². The lowest BCUT2D eigenvalue weighted by molar-refractivity contribution is -0.134. The van der Waals surface area contributed by atoms with E-state index in [1.54, 1.807) is 24.7 Å². The van der Waals surface area contributed by atoms with Gasteiger partial charge in [0, 0.05) is 32.0 Å². The van der Waals surface area contributed by atoms with Crippen LogP contribution in [0.25, 0.3) is 0 Å².